The summed E-state index contributed by atoms with van der Waals surface area (Å²) >= 11 is 6.46. The molecular weight excluding hydrogens is 372 g/mol. The van der Waals surface area contributed by atoms with Gasteiger partial charge in [-0.25, -0.2) is 8.78 Å². The molecule has 1 aliphatic carbocycles. The van der Waals surface area contributed by atoms with Gasteiger partial charge in [0.2, 0.25) is 5.92 Å². The van der Waals surface area contributed by atoms with Crippen molar-refractivity contribution in [3.05, 3.63) is 35.0 Å². The standard InChI is InChI=1S/C20H26ClF2N3O/c21-16-2-1-3-17-18(16)15(12-26(17)14-6-9-24-11-14)19(27)25-10-13-4-7-20(22,23)8-5-13/h1-3,12-14,19,24-25,27H,4-11H2. The van der Waals surface area contributed by atoms with Crippen molar-refractivity contribution in [3.63, 3.8) is 0 Å². The third kappa shape index (κ3) is 3.99. The smallest absolute Gasteiger partial charge is 0.248 e. The number of aliphatic hydroxyl groups excluding tert-OH is 1. The van der Waals surface area contributed by atoms with Crippen molar-refractivity contribution in [1.82, 2.24) is 15.2 Å². The second-order valence-electron chi connectivity index (χ2n) is 7.88. The molecule has 0 amide bonds. The Morgan fingerprint density at radius 2 is 2.07 bits per heavy atom. The zero-order chi connectivity index (χ0) is 19.0. The molecule has 0 spiro atoms. The summed E-state index contributed by atoms with van der Waals surface area (Å²) in [4.78, 5) is 0. The van der Waals surface area contributed by atoms with Crippen molar-refractivity contribution in [2.75, 3.05) is 19.6 Å². The highest BCUT2D eigenvalue weighted by atomic mass is 35.5. The van der Waals surface area contributed by atoms with Crippen LogP contribution in [-0.4, -0.2) is 35.2 Å². The number of nitrogens with zero attached hydrogens (tertiary/aromatic N) is 1. The fraction of sp³-hybridized carbons (Fsp3) is 0.600. The maximum absolute atomic E-state index is 13.3. The topological polar surface area (TPSA) is 49.2 Å². The van der Waals surface area contributed by atoms with E-state index in [0.29, 0.717) is 30.5 Å². The minimum Gasteiger partial charge on any atom is -0.374 e. The maximum Gasteiger partial charge on any atom is 0.248 e. The lowest BCUT2D eigenvalue weighted by Crippen LogP contribution is -2.32. The lowest BCUT2D eigenvalue weighted by molar-refractivity contribution is -0.0466. The number of benzene rings is 1. The van der Waals surface area contributed by atoms with Crippen molar-refractivity contribution < 1.29 is 13.9 Å². The van der Waals surface area contributed by atoms with E-state index in [0.717, 1.165) is 36.0 Å². The number of rotatable bonds is 5. The number of aliphatic hydroxyl groups is 1. The van der Waals surface area contributed by atoms with Gasteiger partial charge in [-0.15, -0.1) is 0 Å². The molecule has 1 aliphatic heterocycles. The molecule has 2 unspecified atom stereocenters. The summed E-state index contributed by atoms with van der Waals surface area (Å²) in [6, 6.07) is 6.13. The third-order valence-corrected chi connectivity index (χ3v) is 6.31. The van der Waals surface area contributed by atoms with Crippen molar-refractivity contribution in [1.29, 1.82) is 0 Å². The number of hydrogen-bond acceptors (Lipinski definition) is 3. The van der Waals surface area contributed by atoms with Gasteiger partial charge in [-0.1, -0.05) is 17.7 Å². The van der Waals surface area contributed by atoms with E-state index in [1.54, 1.807) is 0 Å². The van der Waals surface area contributed by atoms with Gasteiger partial charge < -0.3 is 15.0 Å². The number of nitrogens with one attached hydrogen (secondary N) is 2. The van der Waals surface area contributed by atoms with Crippen molar-refractivity contribution >= 4 is 22.5 Å². The first kappa shape index (κ1) is 19.1. The molecule has 27 heavy (non-hydrogen) atoms. The Morgan fingerprint density at radius 1 is 1.30 bits per heavy atom. The molecule has 0 bridgehead atoms. The van der Waals surface area contributed by atoms with E-state index in [-0.39, 0.29) is 18.8 Å². The Kier molecular flexibility index (Phi) is 5.43. The van der Waals surface area contributed by atoms with Crippen LogP contribution in [0.5, 0.6) is 0 Å². The molecule has 2 fully saturated rings. The average Bonchev–Trinajstić information content (AvgIpc) is 3.28. The molecule has 7 heteroatoms. The van der Waals surface area contributed by atoms with E-state index in [1.165, 1.54) is 0 Å². The van der Waals surface area contributed by atoms with Gasteiger partial charge in [0, 0.05) is 49.1 Å². The highest BCUT2D eigenvalue weighted by Crippen LogP contribution is 2.37. The van der Waals surface area contributed by atoms with Crippen molar-refractivity contribution in [3.8, 4) is 0 Å². The van der Waals surface area contributed by atoms with Gasteiger partial charge in [-0.3, -0.25) is 5.32 Å². The second kappa shape index (κ2) is 7.66. The van der Waals surface area contributed by atoms with E-state index in [1.807, 2.05) is 24.4 Å². The quantitative estimate of drug-likeness (QED) is 0.661. The SMILES string of the molecule is OC(NCC1CCC(F)(F)CC1)c1cn(C2CCNC2)c2cccc(Cl)c12. The second-order valence-corrected chi connectivity index (χ2v) is 8.29. The third-order valence-electron chi connectivity index (χ3n) is 6.00. The van der Waals surface area contributed by atoms with Gasteiger partial charge in [-0.05, 0) is 43.9 Å². The zero-order valence-electron chi connectivity index (χ0n) is 15.2. The molecule has 2 aliphatic rings. The molecule has 1 aromatic heterocycles. The van der Waals surface area contributed by atoms with Gasteiger partial charge in [0.25, 0.3) is 0 Å². The molecule has 0 radical (unpaired) electrons. The summed E-state index contributed by atoms with van der Waals surface area (Å²) in [5.74, 6) is -2.35. The molecule has 4 rings (SSSR count). The van der Waals surface area contributed by atoms with Crippen LogP contribution in [0, 0.1) is 5.92 Å². The lowest BCUT2D eigenvalue weighted by atomic mass is 9.87. The Labute approximate surface area is 162 Å². The van der Waals surface area contributed by atoms with Crippen LogP contribution in [0.25, 0.3) is 10.9 Å². The van der Waals surface area contributed by atoms with Gasteiger partial charge in [0.1, 0.15) is 6.23 Å². The molecule has 148 valence electrons. The Morgan fingerprint density at radius 3 is 2.78 bits per heavy atom. The number of halogens is 3. The summed E-state index contributed by atoms with van der Waals surface area (Å²) in [7, 11) is 0. The van der Waals surface area contributed by atoms with Crippen molar-refractivity contribution in [2.45, 2.75) is 50.3 Å². The number of fused-ring (bicyclic) bond motifs is 1. The highest BCUT2D eigenvalue weighted by molar-refractivity contribution is 6.35. The predicted octanol–water partition coefficient (Wildman–Crippen LogP) is 4.24. The van der Waals surface area contributed by atoms with Crippen LogP contribution >= 0.6 is 11.6 Å². The predicted molar refractivity (Wildman–Crippen MR) is 103 cm³/mol. The highest BCUT2D eigenvalue weighted by Gasteiger charge is 2.35. The van der Waals surface area contributed by atoms with E-state index >= 15 is 0 Å². The van der Waals surface area contributed by atoms with E-state index in [4.69, 9.17) is 11.6 Å². The lowest BCUT2D eigenvalue weighted by Gasteiger charge is -2.29. The monoisotopic (exact) mass is 397 g/mol. The molecular formula is C20H26ClF2N3O. The minimum absolute atomic E-state index is 0.0603. The van der Waals surface area contributed by atoms with Gasteiger partial charge in [0.05, 0.1) is 10.5 Å². The summed E-state index contributed by atoms with van der Waals surface area (Å²) < 4.78 is 28.8. The largest absolute Gasteiger partial charge is 0.374 e. The normalized spacial score (nSPS) is 24.5. The first-order valence-corrected chi connectivity index (χ1v) is 10.1. The minimum atomic E-state index is -2.52. The van der Waals surface area contributed by atoms with Crippen LogP contribution in [0.15, 0.2) is 24.4 Å². The van der Waals surface area contributed by atoms with Crippen LogP contribution in [-0.2, 0) is 0 Å². The fourth-order valence-electron chi connectivity index (χ4n) is 4.38. The molecule has 1 saturated carbocycles. The van der Waals surface area contributed by atoms with Gasteiger partial charge in [-0.2, -0.15) is 0 Å². The van der Waals surface area contributed by atoms with Crippen LogP contribution in [0.2, 0.25) is 5.02 Å². The summed E-state index contributed by atoms with van der Waals surface area (Å²) in [6.45, 7) is 2.41. The Balaban J connectivity index is 1.52. The van der Waals surface area contributed by atoms with Crippen LogP contribution in [0.1, 0.15) is 49.9 Å². The number of aromatic nitrogens is 1. The van der Waals surface area contributed by atoms with Crippen LogP contribution in [0.4, 0.5) is 8.78 Å². The molecule has 4 nitrogen and oxygen atoms in total. The molecule has 3 N–H and O–H groups in total. The average molecular weight is 398 g/mol. The van der Waals surface area contributed by atoms with Gasteiger partial charge in [0.15, 0.2) is 0 Å². The molecule has 1 aromatic carbocycles. The Bertz CT molecular complexity index is 794. The summed E-state index contributed by atoms with van der Waals surface area (Å²) in [5.41, 5.74) is 1.77. The van der Waals surface area contributed by atoms with Crippen LogP contribution in [0.3, 0.4) is 0 Å². The fourth-order valence-corrected chi connectivity index (χ4v) is 4.65. The molecule has 2 heterocycles. The molecule has 2 atom stereocenters. The first-order chi connectivity index (χ1) is 12.9. The summed E-state index contributed by atoms with van der Waals surface area (Å²) in [5, 5.41) is 18.8. The number of alkyl halides is 2. The van der Waals surface area contributed by atoms with E-state index in [9.17, 15) is 13.9 Å². The zero-order valence-corrected chi connectivity index (χ0v) is 16.0. The maximum atomic E-state index is 13.3. The van der Waals surface area contributed by atoms with Crippen LogP contribution < -0.4 is 10.6 Å². The molecule has 2 aromatic rings. The first-order valence-electron chi connectivity index (χ1n) is 9.73. The van der Waals surface area contributed by atoms with Gasteiger partial charge >= 0.3 is 0 Å². The van der Waals surface area contributed by atoms with E-state index in [2.05, 4.69) is 15.2 Å². The summed E-state index contributed by atoms with van der Waals surface area (Å²) in [6.07, 6.45) is 3.01. The van der Waals surface area contributed by atoms with E-state index < -0.39 is 12.2 Å². The van der Waals surface area contributed by atoms with Crippen molar-refractivity contribution in [2.24, 2.45) is 5.92 Å². The number of hydrogen-bond donors (Lipinski definition) is 3. The Hall–Kier alpha value is -1.21. The molecule has 1 saturated heterocycles.